The van der Waals surface area contributed by atoms with E-state index in [1.807, 2.05) is 12.1 Å². The van der Waals surface area contributed by atoms with Crippen molar-refractivity contribution in [1.29, 1.82) is 0 Å². The van der Waals surface area contributed by atoms with Crippen molar-refractivity contribution in [2.75, 3.05) is 0 Å². The molecular formula is C21H24F2O. The molecule has 0 aliphatic heterocycles. The van der Waals surface area contributed by atoms with Gasteiger partial charge in [-0.15, -0.1) is 0 Å². The van der Waals surface area contributed by atoms with E-state index in [0.717, 1.165) is 17.7 Å². The van der Waals surface area contributed by atoms with E-state index >= 15 is 0 Å². The van der Waals surface area contributed by atoms with Gasteiger partial charge in [0.2, 0.25) is 0 Å². The Morgan fingerprint density at radius 3 is 2.12 bits per heavy atom. The molecule has 0 N–H and O–H groups in total. The molecule has 0 aromatic heterocycles. The van der Waals surface area contributed by atoms with Crippen LogP contribution in [-0.2, 0) is 6.61 Å². The highest BCUT2D eigenvalue weighted by molar-refractivity contribution is 5.30. The zero-order valence-corrected chi connectivity index (χ0v) is 14.1. The van der Waals surface area contributed by atoms with Gasteiger partial charge < -0.3 is 4.74 Å². The van der Waals surface area contributed by atoms with Crippen LogP contribution in [0.25, 0.3) is 0 Å². The van der Waals surface area contributed by atoms with Gasteiger partial charge in [0.15, 0.2) is 0 Å². The average Bonchev–Trinajstić information content (AvgIpc) is 2.60. The first-order valence-corrected chi connectivity index (χ1v) is 8.81. The Kier molecular flexibility index (Phi) is 5.49. The maximum Gasteiger partial charge on any atom is 0.126 e. The van der Waals surface area contributed by atoms with E-state index in [1.165, 1.54) is 49.8 Å². The van der Waals surface area contributed by atoms with Gasteiger partial charge in [-0.25, -0.2) is 8.78 Å². The van der Waals surface area contributed by atoms with Gasteiger partial charge in [0.1, 0.15) is 24.0 Å². The highest BCUT2D eigenvalue weighted by Gasteiger charge is 2.21. The highest BCUT2D eigenvalue weighted by Crippen LogP contribution is 2.37. The molecular weight excluding hydrogens is 306 g/mol. The standard InChI is InChI=1S/C21H24F2O/c1-2-15-3-5-17(6-4-15)18-7-9-21(10-8-18)24-14-16-11-19(22)13-20(23)12-16/h7-13,15,17H,2-6,14H2,1H3. The predicted octanol–water partition coefficient (Wildman–Crippen LogP) is 6.23. The van der Waals surface area contributed by atoms with Crippen LogP contribution in [0, 0.1) is 17.6 Å². The second-order valence-corrected chi connectivity index (χ2v) is 6.76. The van der Waals surface area contributed by atoms with Crippen LogP contribution in [-0.4, -0.2) is 0 Å². The molecule has 1 aliphatic rings. The summed E-state index contributed by atoms with van der Waals surface area (Å²) in [5.74, 6) is 1.12. The Balaban J connectivity index is 1.56. The van der Waals surface area contributed by atoms with Gasteiger partial charge in [0.05, 0.1) is 0 Å². The van der Waals surface area contributed by atoms with E-state index < -0.39 is 11.6 Å². The predicted molar refractivity (Wildman–Crippen MR) is 92.1 cm³/mol. The van der Waals surface area contributed by atoms with E-state index in [2.05, 4.69) is 19.1 Å². The summed E-state index contributed by atoms with van der Waals surface area (Å²) in [6.45, 7) is 2.44. The van der Waals surface area contributed by atoms with Gasteiger partial charge >= 0.3 is 0 Å². The van der Waals surface area contributed by atoms with Crippen LogP contribution in [0.5, 0.6) is 5.75 Å². The highest BCUT2D eigenvalue weighted by atomic mass is 19.1. The topological polar surface area (TPSA) is 9.23 Å². The molecule has 0 heterocycles. The van der Waals surface area contributed by atoms with Crippen LogP contribution in [0.1, 0.15) is 56.1 Å². The summed E-state index contributed by atoms with van der Waals surface area (Å²) in [5, 5.41) is 0. The Hall–Kier alpha value is -1.90. The molecule has 0 bridgehead atoms. The van der Waals surface area contributed by atoms with Gasteiger partial charge in [-0.1, -0.05) is 25.5 Å². The number of benzene rings is 2. The number of hydrogen-bond donors (Lipinski definition) is 0. The van der Waals surface area contributed by atoms with Crippen molar-refractivity contribution in [2.24, 2.45) is 5.92 Å². The van der Waals surface area contributed by atoms with Crippen LogP contribution in [0.4, 0.5) is 8.78 Å². The fourth-order valence-corrected chi connectivity index (χ4v) is 3.60. The summed E-state index contributed by atoms with van der Waals surface area (Å²) in [6.07, 6.45) is 6.47. The van der Waals surface area contributed by atoms with Crippen molar-refractivity contribution in [3.05, 3.63) is 65.2 Å². The molecule has 0 amide bonds. The third-order valence-electron chi connectivity index (χ3n) is 5.10. The van der Waals surface area contributed by atoms with Gasteiger partial charge in [0.25, 0.3) is 0 Å². The summed E-state index contributed by atoms with van der Waals surface area (Å²) >= 11 is 0. The molecule has 0 unspecified atom stereocenters. The molecule has 3 heteroatoms. The molecule has 128 valence electrons. The molecule has 0 radical (unpaired) electrons. The third-order valence-corrected chi connectivity index (χ3v) is 5.10. The normalized spacial score (nSPS) is 20.8. The minimum Gasteiger partial charge on any atom is -0.489 e. The van der Waals surface area contributed by atoms with Crippen molar-refractivity contribution in [3.8, 4) is 5.75 Å². The Labute approximate surface area is 142 Å². The SMILES string of the molecule is CCC1CCC(c2ccc(OCc3cc(F)cc(F)c3)cc2)CC1. The summed E-state index contributed by atoms with van der Waals surface area (Å²) in [4.78, 5) is 0. The monoisotopic (exact) mass is 330 g/mol. The molecule has 0 atom stereocenters. The second-order valence-electron chi connectivity index (χ2n) is 6.76. The van der Waals surface area contributed by atoms with Crippen molar-refractivity contribution >= 4 is 0 Å². The fourth-order valence-electron chi connectivity index (χ4n) is 3.60. The smallest absolute Gasteiger partial charge is 0.126 e. The van der Waals surface area contributed by atoms with E-state index in [9.17, 15) is 8.78 Å². The molecule has 1 aliphatic carbocycles. The minimum absolute atomic E-state index is 0.162. The lowest BCUT2D eigenvalue weighted by Crippen LogP contribution is -2.12. The molecule has 0 saturated heterocycles. The number of rotatable bonds is 5. The summed E-state index contributed by atoms with van der Waals surface area (Å²) < 4.78 is 32.0. The first-order valence-electron chi connectivity index (χ1n) is 8.81. The number of ether oxygens (including phenoxy) is 1. The first kappa shape index (κ1) is 16.9. The fraction of sp³-hybridized carbons (Fsp3) is 0.429. The third kappa shape index (κ3) is 4.34. The van der Waals surface area contributed by atoms with Gasteiger partial charge in [-0.2, -0.15) is 0 Å². The van der Waals surface area contributed by atoms with Gasteiger partial charge in [-0.05, 0) is 72.9 Å². The van der Waals surface area contributed by atoms with E-state index in [1.54, 1.807) is 0 Å². The lowest BCUT2D eigenvalue weighted by Gasteiger charge is -2.28. The molecule has 1 saturated carbocycles. The van der Waals surface area contributed by atoms with E-state index in [4.69, 9.17) is 4.74 Å². The first-order chi connectivity index (χ1) is 11.6. The van der Waals surface area contributed by atoms with E-state index in [-0.39, 0.29) is 6.61 Å². The molecule has 1 fully saturated rings. The van der Waals surface area contributed by atoms with Crippen molar-refractivity contribution in [2.45, 2.75) is 51.6 Å². The van der Waals surface area contributed by atoms with Crippen molar-refractivity contribution in [3.63, 3.8) is 0 Å². The van der Waals surface area contributed by atoms with Gasteiger partial charge in [-0.3, -0.25) is 0 Å². The molecule has 0 spiro atoms. The lowest BCUT2D eigenvalue weighted by molar-refractivity contribution is 0.303. The van der Waals surface area contributed by atoms with Crippen molar-refractivity contribution in [1.82, 2.24) is 0 Å². The number of halogens is 2. The zero-order valence-electron chi connectivity index (χ0n) is 14.1. The molecule has 24 heavy (non-hydrogen) atoms. The summed E-state index contributed by atoms with van der Waals surface area (Å²) in [6, 6.07) is 11.6. The second kappa shape index (κ2) is 7.78. The Morgan fingerprint density at radius 2 is 1.54 bits per heavy atom. The zero-order chi connectivity index (χ0) is 16.9. The van der Waals surface area contributed by atoms with Crippen molar-refractivity contribution < 1.29 is 13.5 Å². The maximum atomic E-state index is 13.2. The van der Waals surface area contributed by atoms with E-state index in [0.29, 0.717) is 11.5 Å². The van der Waals surface area contributed by atoms with Crippen LogP contribution in [0.15, 0.2) is 42.5 Å². The van der Waals surface area contributed by atoms with Crippen LogP contribution < -0.4 is 4.74 Å². The van der Waals surface area contributed by atoms with Crippen LogP contribution >= 0.6 is 0 Å². The Bertz CT molecular complexity index is 638. The molecule has 3 rings (SSSR count). The summed E-state index contributed by atoms with van der Waals surface area (Å²) in [7, 11) is 0. The molecule has 2 aromatic carbocycles. The number of hydrogen-bond acceptors (Lipinski definition) is 1. The Morgan fingerprint density at radius 1 is 0.917 bits per heavy atom. The maximum absolute atomic E-state index is 13.2. The van der Waals surface area contributed by atoms with Crippen LogP contribution in [0.2, 0.25) is 0 Å². The minimum atomic E-state index is -0.577. The van der Waals surface area contributed by atoms with Crippen LogP contribution in [0.3, 0.4) is 0 Å². The molecule has 2 aromatic rings. The lowest BCUT2D eigenvalue weighted by atomic mass is 9.78. The van der Waals surface area contributed by atoms with Gasteiger partial charge in [0, 0.05) is 6.07 Å². The molecule has 1 nitrogen and oxygen atoms in total. The largest absolute Gasteiger partial charge is 0.489 e. The summed E-state index contributed by atoms with van der Waals surface area (Å²) in [5.41, 5.74) is 1.86. The quantitative estimate of drug-likeness (QED) is 0.631. The average molecular weight is 330 g/mol.